The monoisotopic (exact) mass is 351 g/mol. The van der Waals surface area contributed by atoms with Crippen LogP contribution < -0.4 is 14.8 Å². The first-order valence-corrected chi connectivity index (χ1v) is 8.17. The first-order valence-electron chi connectivity index (χ1n) is 8.17. The van der Waals surface area contributed by atoms with Crippen molar-refractivity contribution in [1.82, 2.24) is 0 Å². The molecule has 3 aromatic carbocycles. The number of hydrogen-bond acceptors (Lipinski definition) is 3. The Morgan fingerprint density at radius 1 is 0.846 bits per heavy atom. The molecule has 0 radical (unpaired) electrons. The van der Waals surface area contributed by atoms with Crippen molar-refractivity contribution in [1.29, 1.82) is 0 Å². The zero-order valence-electron chi connectivity index (χ0n) is 14.2. The molecule has 0 saturated heterocycles. The molecule has 5 heteroatoms. The molecule has 1 amide bonds. The molecule has 1 atom stereocenters. The van der Waals surface area contributed by atoms with Crippen LogP contribution in [-0.4, -0.2) is 12.0 Å². The van der Waals surface area contributed by atoms with Crippen LogP contribution in [0.15, 0.2) is 78.9 Å². The maximum absolute atomic E-state index is 13.6. The van der Waals surface area contributed by atoms with Gasteiger partial charge in [-0.25, -0.2) is 4.39 Å². The van der Waals surface area contributed by atoms with Crippen molar-refractivity contribution in [3.63, 3.8) is 0 Å². The van der Waals surface area contributed by atoms with Gasteiger partial charge in [0, 0.05) is 0 Å². The second kappa shape index (κ2) is 8.16. The highest BCUT2D eigenvalue weighted by molar-refractivity contribution is 5.94. The van der Waals surface area contributed by atoms with Crippen LogP contribution in [-0.2, 0) is 4.79 Å². The topological polar surface area (TPSA) is 47.6 Å². The standard InChI is InChI=1S/C21H18FNO3/c1-15(21(24)23-20-10-6-5-9-19(20)22)25-17-11-13-18(14-12-17)26-16-7-3-2-4-8-16/h2-15H,1H3,(H,23,24)/t15-/m0/s1. The van der Waals surface area contributed by atoms with Gasteiger partial charge in [-0.3, -0.25) is 4.79 Å². The number of benzene rings is 3. The minimum absolute atomic E-state index is 0.125. The molecule has 4 nitrogen and oxygen atoms in total. The van der Waals surface area contributed by atoms with E-state index in [1.165, 1.54) is 12.1 Å². The lowest BCUT2D eigenvalue weighted by Gasteiger charge is -2.15. The van der Waals surface area contributed by atoms with E-state index in [0.717, 1.165) is 5.75 Å². The maximum atomic E-state index is 13.6. The van der Waals surface area contributed by atoms with Crippen LogP contribution in [0, 0.1) is 5.82 Å². The number of para-hydroxylation sites is 2. The van der Waals surface area contributed by atoms with Crippen LogP contribution in [0.25, 0.3) is 0 Å². The van der Waals surface area contributed by atoms with Crippen LogP contribution >= 0.6 is 0 Å². The van der Waals surface area contributed by atoms with Crippen molar-refractivity contribution in [2.45, 2.75) is 13.0 Å². The number of carbonyl (C=O) groups is 1. The van der Waals surface area contributed by atoms with Crippen molar-refractivity contribution in [2.75, 3.05) is 5.32 Å². The molecular weight excluding hydrogens is 333 g/mol. The largest absolute Gasteiger partial charge is 0.481 e. The number of amides is 1. The molecule has 0 aliphatic carbocycles. The van der Waals surface area contributed by atoms with Gasteiger partial charge in [0.05, 0.1) is 5.69 Å². The van der Waals surface area contributed by atoms with E-state index in [9.17, 15) is 9.18 Å². The van der Waals surface area contributed by atoms with Crippen molar-refractivity contribution in [3.05, 3.63) is 84.7 Å². The number of hydrogen-bond donors (Lipinski definition) is 1. The summed E-state index contributed by atoms with van der Waals surface area (Å²) in [6.07, 6.45) is -0.782. The van der Waals surface area contributed by atoms with E-state index in [4.69, 9.17) is 9.47 Å². The number of rotatable bonds is 6. The van der Waals surface area contributed by atoms with E-state index in [1.807, 2.05) is 30.3 Å². The minimum Gasteiger partial charge on any atom is -0.481 e. The highest BCUT2D eigenvalue weighted by Crippen LogP contribution is 2.24. The highest BCUT2D eigenvalue weighted by atomic mass is 19.1. The predicted molar refractivity (Wildman–Crippen MR) is 98.1 cm³/mol. The molecule has 0 heterocycles. The van der Waals surface area contributed by atoms with Crippen LogP contribution in [0.1, 0.15) is 6.92 Å². The molecule has 0 aliphatic heterocycles. The third-order valence-electron chi connectivity index (χ3n) is 3.62. The normalized spacial score (nSPS) is 11.5. The van der Waals surface area contributed by atoms with Gasteiger partial charge >= 0.3 is 0 Å². The Bertz CT molecular complexity index is 866. The number of nitrogens with one attached hydrogen (secondary N) is 1. The van der Waals surface area contributed by atoms with E-state index in [0.29, 0.717) is 11.5 Å². The molecule has 0 fully saturated rings. The summed E-state index contributed by atoms with van der Waals surface area (Å²) in [7, 11) is 0. The summed E-state index contributed by atoms with van der Waals surface area (Å²) in [6, 6.07) is 22.3. The third-order valence-corrected chi connectivity index (χ3v) is 3.62. The van der Waals surface area contributed by atoms with Gasteiger partial charge in [0.2, 0.25) is 0 Å². The molecule has 0 aliphatic rings. The van der Waals surface area contributed by atoms with Crippen LogP contribution in [0.5, 0.6) is 17.2 Å². The molecule has 0 bridgehead atoms. The summed E-state index contributed by atoms with van der Waals surface area (Å²) in [5, 5.41) is 2.51. The Kier molecular flexibility index (Phi) is 5.49. The van der Waals surface area contributed by atoms with Crippen molar-refractivity contribution in [2.24, 2.45) is 0 Å². The molecule has 0 saturated carbocycles. The zero-order valence-corrected chi connectivity index (χ0v) is 14.2. The molecule has 0 aromatic heterocycles. The second-order valence-electron chi connectivity index (χ2n) is 5.62. The minimum atomic E-state index is -0.782. The fourth-order valence-electron chi connectivity index (χ4n) is 2.27. The number of ether oxygens (including phenoxy) is 2. The average molecular weight is 351 g/mol. The van der Waals surface area contributed by atoms with Crippen LogP contribution in [0.3, 0.4) is 0 Å². The Hall–Kier alpha value is -3.34. The van der Waals surface area contributed by atoms with Crippen LogP contribution in [0.2, 0.25) is 0 Å². The van der Waals surface area contributed by atoms with Gasteiger partial charge in [-0.15, -0.1) is 0 Å². The SMILES string of the molecule is C[C@H](Oc1ccc(Oc2ccccc2)cc1)C(=O)Nc1ccccc1F. The van der Waals surface area contributed by atoms with Gasteiger partial charge in [0.25, 0.3) is 5.91 Å². The molecular formula is C21H18FNO3. The molecule has 26 heavy (non-hydrogen) atoms. The van der Waals surface area contributed by atoms with Gasteiger partial charge in [-0.2, -0.15) is 0 Å². The van der Waals surface area contributed by atoms with Gasteiger partial charge in [-0.05, 0) is 55.5 Å². The molecule has 132 valence electrons. The summed E-state index contributed by atoms with van der Waals surface area (Å²) < 4.78 is 24.9. The third kappa shape index (κ3) is 4.60. The fraction of sp³-hybridized carbons (Fsp3) is 0.0952. The quantitative estimate of drug-likeness (QED) is 0.678. The molecule has 0 spiro atoms. The van der Waals surface area contributed by atoms with Gasteiger partial charge in [0.1, 0.15) is 23.1 Å². The summed E-state index contributed by atoms with van der Waals surface area (Å²) in [5.41, 5.74) is 0.125. The van der Waals surface area contributed by atoms with Gasteiger partial charge < -0.3 is 14.8 Å². The van der Waals surface area contributed by atoms with E-state index in [-0.39, 0.29) is 5.69 Å². The lowest BCUT2D eigenvalue weighted by molar-refractivity contribution is -0.122. The smallest absolute Gasteiger partial charge is 0.265 e. The number of anilines is 1. The van der Waals surface area contributed by atoms with Crippen molar-refractivity contribution in [3.8, 4) is 17.2 Å². The predicted octanol–water partition coefficient (Wildman–Crippen LogP) is 5.02. The molecule has 1 N–H and O–H groups in total. The Balaban J connectivity index is 1.58. The van der Waals surface area contributed by atoms with E-state index < -0.39 is 17.8 Å². The summed E-state index contributed by atoms with van der Waals surface area (Å²) in [4.78, 5) is 12.1. The van der Waals surface area contributed by atoms with Gasteiger partial charge in [-0.1, -0.05) is 30.3 Å². The summed E-state index contributed by atoms with van der Waals surface area (Å²) >= 11 is 0. The molecule has 3 aromatic rings. The fourth-order valence-corrected chi connectivity index (χ4v) is 2.27. The maximum Gasteiger partial charge on any atom is 0.265 e. The Labute approximate surface area is 151 Å². The molecule has 3 rings (SSSR count). The summed E-state index contributed by atoms with van der Waals surface area (Å²) in [6.45, 7) is 1.60. The Morgan fingerprint density at radius 2 is 1.42 bits per heavy atom. The number of carbonyl (C=O) groups excluding carboxylic acids is 1. The average Bonchev–Trinajstić information content (AvgIpc) is 2.66. The lowest BCUT2D eigenvalue weighted by Crippen LogP contribution is -2.30. The van der Waals surface area contributed by atoms with Crippen molar-refractivity contribution >= 4 is 11.6 Å². The van der Waals surface area contributed by atoms with E-state index in [2.05, 4.69) is 5.32 Å². The first-order chi connectivity index (χ1) is 12.6. The van der Waals surface area contributed by atoms with Gasteiger partial charge in [0.15, 0.2) is 6.10 Å². The first kappa shape index (κ1) is 17.5. The number of halogens is 1. The van der Waals surface area contributed by atoms with Crippen molar-refractivity contribution < 1.29 is 18.7 Å². The Morgan fingerprint density at radius 3 is 2.12 bits per heavy atom. The molecule has 0 unspecified atom stereocenters. The second-order valence-corrected chi connectivity index (χ2v) is 5.62. The zero-order chi connectivity index (χ0) is 18.4. The summed E-state index contributed by atoms with van der Waals surface area (Å²) in [5.74, 6) is 0.989. The van der Waals surface area contributed by atoms with E-state index in [1.54, 1.807) is 43.3 Å². The van der Waals surface area contributed by atoms with E-state index >= 15 is 0 Å². The highest BCUT2D eigenvalue weighted by Gasteiger charge is 2.16. The van der Waals surface area contributed by atoms with Crippen LogP contribution in [0.4, 0.5) is 10.1 Å². The lowest BCUT2D eigenvalue weighted by atomic mass is 10.2.